The fourth-order valence-corrected chi connectivity index (χ4v) is 6.38. The van der Waals surface area contributed by atoms with Gasteiger partial charge in [-0.2, -0.15) is 38.5 Å². The molecule has 44 heavy (non-hydrogen) atoms. The predicted molar refractivity (Wildman–Crippen MR) is 170 cm³/mol. The molecule has 2 fully saturated rings. The average molecular weight is 751 g/mol. The van der Waals surface area contributed by atoms with E-state index in [0.717, 1.165) is 67.9 Å². The summed E-state index contributed by atoms with van der Waals surface area (Å²) in [5.41, 5.74) is 1.16. The van der Waals surface area contributed by atoms with Crippen molar-refractivity contribution in [2.45, 2.75) is 101 Å². The number of fused-ring (bicyclic) bond motifs is 2. The molecule has 0 heterocycles. The van der Waals surface area contributed by atoms with Gasteiger partial charge in [-0.15, -0.1) is 57.9 Å². The molecule has 4 aromatic carbocycles. The third-order valence-electron chi connectivity index (χ3n) is 8.31. The summed E-state index contributed by atoms with van der Waals surface area (Å²) in [6, 6.07) is 16.5. The number of alkyl halides is 6. The van der Waals surface area contributed by atoms with E-state index in [2.05, 4.69) is 13.1 Å². The van der Waals surface area contributed by atoms with E-state index < -0.39 is 44.3 Å². The fraction of sp³-hybridized carbons (Fsp3) is 0.471. The molecule has 2 radical (unpaired) electrons. The van der Waals surface area contributed by atoms with Gasteiger partial charge < -0.3 is 0 Å². The van der Waals surface area contributed by atoms with E-state index in [4.69, 9.17) is 17.0 Å². The van der Waals surface area contributed by atoms with Gasteiger partial charge in [-0.25, -0.2) is 0 Å². The second kappa shape index (κ2) is 17.7. The van der Waals surface area contributed by atoms with Crippen LogP contribution in [0.3, 0.4) is 0 Å². The van der Waals surface area contributed by atoms with Crippen LogP contribution >= 0.6 is 17.0 Å². The summed E-state index contributed by atoms with van der Waals surface area (Å²) < 4.78 is 76.8. The first-order valence-electron chi connectivity index (χ1n) is 15.0. The van der Waals surface area contributed by atoms with Gasteiger partial charge in [0.25, 0.3) is 0 Å². The second-order valence-corrected chi connectivity index (χ2v) is 16.2. The van der Waals surface area contributed by atoms with Gasteiger partial charge >= 0.3 is 50.2 Å². The van der Waals surface area contributed by atoms with Crippen molar-refractivity contribution in [1.82, 2.24) is 0 Å². The molecule has 0 unspecified atom stereocenters. The van der Waals surface area contributed by atoms with Crippen LogP contribution < -0.4 is 0 Å². The summed E-state index contributed by atoms with van der Waals surface area (Å²) in [6.45, 7) is 4.31. The van der Waals surface area contributed by atoms with E-state index >= 15 is 0 Å². The van der Waals surface area contributed by atoms with Gasteiger partial charge in [-0.1, -0.05) is 74.9 Å². The Kier molecular flexibility index (Phi) is 15.1. The summed E-state index contributed by atoms with van der Waals surface area (Å²) >= 11 is -0.826. The van der Waals surface area contributed by atoms with Crippen LogP contribution in [-0.2, 0) is 33.2 Å². The van der Waals surface area contributed by atoms with Crippen LogP contribution in [0.15, 0.2) is 60.7 Å². The van der Waals surface area contributed by atoms with Gasteiger partial charge in [-0.05, 0) is 48.6 Å². The van der Waals surface area contributed by atoms with Crippen molar-refractivity contribution < 1.29 is 47.2 Å². The van der Waals surface area contributed by atoms with Crippen LogP contribution in [0.5, 0.6) is 0 Å². The van der Waals surface area contributed by atoms with E-state index in [1.165, 1.54) is 62.8 Å². The first-order chi connectivity index (χ1) is 20.9. The molecule has 0 saturated heterocycles. The van der Waals surface area contributed by atoms with Crippen molar-refractivity contribution in [3.05, 3.63) is 82.9 Å². The molecule has 10 heteroatoms. The Balaban J connectivity index is 0.000000204. The van der Waals surface area contributed by atoms with Gasteiger partial charge in [0.2, 0.25) is 0 Å². The number of benzene rings is 2. The Labute approximate surface area is 278 Å². The Morgan fingerprint density at radius 1 is 0.636 bits per heavy atom. The topological polar surface area (TPSA) is 0 Å². The molecular formula is C34H38Cl2F6SiZr. The first kappa shape index (κ1) is 37.4. The minimum absolute atomic E-state index is 0.431. The van der Waals surface area contributed by atoms with Gasteiger partial charge in [0.05, 0.1) is 0 Å². The van der Waals surface area contributed by atoms with Crippen LogP contribution in [0, 0.1) is 0 Å². The molecule has 0 bridgehead atoms. The van der Waals surface area contributed by atoms with Gasteiger partial charge in [0.15, 0.2) is 0 Å². The van der Waals surface area contributed by atoms with Crippen molar-refractivity contribution in [3.63, 3.8) is 0 Å². The van der Waals surface area contributed by atoms with Crippen LogP contribution in [0.25, 0.3) is 21.5 Å². The summed E-state index contributed by atoms with van der Waals surface area (Å²) in [6.07, 6.45) is 3.17. The zero-order valence-electron chi connectivity index (χ0n) is 25.0. The molecule has 0 spiro atoms. The van der Waals surface area contributed by atoms with Crippen molar-refractivity contribution in [2.75, 3.05) is 0 Å². The van der Waals surface area contributed by atoms with E-state index in [9.17, 15) is 26.3 Å². The monoisotopic (exact) mass is 748 g/mol. The van der Waals surface area contributed by atoms with Gasteiger partial charge in [0, 0.05) is 9.52 Å². The van der Waals surface area contributed by atoms with Gasteiger partial charge in [0.1, 0.15) is 0 Å². The number of hydrogen-bond donors (Lipinski definition) is 0. The third-order valence-corrected chi connectivity index (χ3v) is 8.31. The molecule has 0 nitrogen and oxygen atoms in total. The van der Waals surface area contributed by atoms with Crippen LogP contribution in [0.2, 0.25) is 13.1 Å². The third kappa shape index (κ3) is 10.5. The van der Waals surface area contributed by atoms with Gasteiger partial charge in [-0.3, -0.25) is 0 Å². The molecule has 2 aliphatic carbocycles. The fourth-order valence-electron chi connectivity index (χ4n) is 6.38. The quantitative estimate of drug-likeness (QED) is 0.109. The maximum atomic E-state index is 12.8. The summed E-state index contributed by atoms with van der Waals surface area (Å²) in [7, 11) is 11.0. The van der Waals surface area contributed by atoms with Crippen LogP contribution in [0.4, 0.5) is 26.3 Å². The molecule has 0 aromatic heterocycles. The Morgan fingerprint density at radius 3 is 1.25 bits per heavy atom. The van der Waals surface area contributed by atoms with E-state index in [1.54, 1.807) is 12.1 Å². The SMILES string of the molecule is C[Si]C.FC(F)(F)c1cc2c(C3CCCCC3)cccc2[cH-]1.FC(F)(F)c1cc2c(C3CCCCC3)cccc2[cH-]1.[Cl][Zr+2][Cl]. The molecule has 2 saturated carbocycles. The zero-order valence-corrected chi connectivity index (χ0v) is 30.0. The molecule has 2 aliphatic rings. The molecule has 4 aromatic rings. The van der Waals surface area contributed by atoms with Crippen molar-refractivity contribution in [2.24, 2.45) is 0 Å². The minimum atomic E-state index is -4.25. The maximum absolute atomic E-state index is 12.8. The Bertz CT molecular complexity index is 1300. The molecular weight excluding hydrogens is 713 g/mol. The molecule has 0 aliphatic heterocycles. The van der Waals surface area contributed by atoms with E-state index in [-0.39, 0.29) is 0 Å². The predicted octanol–water partition coefficient (Wildman–Crippen LogP) is 13.4. The van der Waals surface area contributed by atoms with E-state index in [1.807, 2.05) is 24.3 Å². The van der Waals surface area contributed by atoms with Crippen molar-refractivity contribution >= 4 is 48.1 Å². The normalized spacial score (nSPS) is 16.2. The standard InChI is InChI=1S/2C16H16F3.C2H6Si.2ClH.Zr/c2*17-16(18,19)13-9-12-7-4-8-14(15(12)10-13)11-5-2-1-3-6-11;1-3-2;;;/h2*4,7-11H,1-3,5-6H2;1-2H3;2*1H;/q2*-1;;;;+4/p-2. The average Bonchev–Trinajstić information content (AvgIpc) is 3.65. The molecule has 0 N–H and O–H groups in total. The van der Waals surface area contributed by atoms with Crippen LogP contribution in [0.1, 0.15) is 98.3 Å². The second-order valence-electron chi connectivity index (χ2n) is 11.4. The Hall–Kier alpha value is -1.08. The summed E-state index contributed by atoms with van der Waals surface area (Å²) in [4.78, 5) is 0. The van der Waals surface area contributed by atoms with Crippen LogP contribution in [-0.4, -0.2) is 9.52 Å². The number of halogens is 8. The summed E-state index contributed by atoms with van der Waals surface area (Å²) in [5, 5.41) is 3.02. The molecule has 0 amide bonds. The number of rotatable bonds is 2. The zero-order chi connectivity index (χ0) is 32.3. The molecule has 6 rings (SSSR count). The molecule has 238 valence electrons. The van der Waals surface area contributed by atoms with Crippen molar-refractivity contribution in [3.8, 4) is 0 Å². The summed E-state index contributed by atoms with van der Waals surface area (Å²) in [5.74, 6) is 0.863. The Morgan fingerprint density at radius 2 is 0.955 bits per heavy atom. The first-order valence-corrected chi connectivity index (χ1v) is 23.3. The van der Waals surface area contributed by atoms with Crippen molar-refractivity contribution in [1.29, 1.82) is 0 Å². The van der Waals surface area contributed by atoms with E-state index in [0.29, 0.717) is 11.8 Å². The molecule has 0 atom stereocenters. The number of hydrogen-bond acceptors (Lipinski definition) is 0.